The van der Waals surface area contributed by atoms with Gasteiger partial charge in [0, 0.05) is 19.3 Å². The summed E-state index contributed by atoms with van der Waals surface area (Å²) in [6, 6.07) is 0. The van der Waals surface area contributed by atoms with Crippen molar-refractivity contribution in [3.05, 3.63) is 36.5 Å². The van der Waals surface area contributed by atoms with Gasteiger partial charge in [-0.3, -0.25) is 14.4 Å². The number of esters is 3. The maximum atomic E-state index is 13.0. The van der Waals surface area contributed by atoms with Gasteiger partial charge in [0.15, 0.2) is 6.10 Å². The van der Waals surface area contributed by atoms with Gasteiger partial charge in [0.1, 0.15) is 13.2 Å². The Kier molecular flexibility index (Phi) is 69.1. The van der Waals surface area contributed by atoms with Crippen molar-refractivity contribution in [2.24, 2.45) is 0 Å². The first-order chi connectivity index (χ1) is 40.5. The Morgan fingerprint density at radius 1 is 0.244 bits per heavy atom. The van der Waals surface area contributed by atoms with E-state index in [-0.39, 0.29) is 31.1 Å². The second-order valence-electron chi connectivity index (χ2n) is 25.2. The Labute approximate surface area is 512 Å². The summed E-state index contributed by atoms with van der Waals surface area (Å²) in [5.41, 5.74) is 0. The summed E-state index contributed by atoms with van der Waals surface area (Å²) in [4.78, 5) is 38.5. The molecule has 0 heterocycles. The van der Waals surface area contributed by atoms with Crippen LogP contribution in [-0.4, -0.2) is 37.2 Å². The third kappa shape index (κ3) is 68.4. The Hall–Kier alpha value is -2.37. The maximum Gasteiger partial charge on any atom is 0.306 e. The fourth-order valence-corrected chi connectivity index (χ4v) is 11.3. The number of ether oxygens (including phenoxy) is 3. The highest BCUT2D eigenvalue weighted by Gasteiger charge is 2.19. The second kappa shape index (κ2) is 71.1. The van der Waals surface area contributed by atoms with Crippen LogP contribution in [0.5, 0.6) is 0 Å². The first-order valence-corrected chi connectivity index (χ1v) is 37.0. The van der Waals surface area contributed by atoms with Crippen LogP contribution in [0.3, 0.4) is 0 Å². The van der Waals surface area contributed by atoms with Gasteiger partial charge >= 0.3 is 17.9 Å². The van der Waals surface area contributed by atoms with Crippen LogP contribution in [-0.2, 0) is 28.6 Å². The summed E-state index contributed by atoms with van der Waals surface area (Å²) in [6.45, 7) is 6.68. The molecule has 0 bridgehead atoms. The van der Waals surface area contributed by atoms with Crippen molar-refractivity contribution in [1.29, 1.82) is 0 Å². The molecule has 0 rings (SSSR count). The fourth-order valence-electron chi connectivity index (χ4n) is 11.3. The van der Waals surface area contributed by atoms with E-state index >= 15 is 0 Å². The summed E-state index contributed by atoms with van der Waals surface area (Å²) < 4.78 is 17.0. The molecule has 0 N–H and O–H groups in total. The Balaban J connectivity index is 4.19. The average molecular weight is 1150 g/mol. The van der Waals surface area contributed by atoms with Crippen LogP contribution in [0.15, 0.2) is 36.5 Å². The van der Waals surface area contributed by atoms with Crippen molar-refractivity contribution in [1.82, 2.24) is 0 Å². The van der Waals surface area contributed by atoms with Crippen molar-refractivity contribution in [3.8, 4) is 0 Å². The molecule has 0 aliphatic rings. The number of carbonyl (C=O) groups is 3. The van der Waals surface area contributed by atoms with E-state index in [9.17, 15) is 14.4 Å². The normalized spacial score (nSPS) is 12.2. The van der Waals surface area contributed by atoms with Crippen LogP contribution < -0.4 is 0 Å². The van der Waals surface area contributed by atoms with Crippen LogP contribution in [0.4, 0.5) is 0 Å². The third-order valence-electron chi connectivity index (χ3n) is 16.9. The van der Waals surface area contributed by atoms with Gasteiger partial charge in [-0.2, -0.15) is 0 Å². The summed E-state index contributed by atoms with van der Waals surface area (Å²) in [5.74, 6) is -0.855. The van der Waals surface area contributed by atoms with E-state index in [1.54, 1.807) is 0 Å². The SMILES string of the molecule is CCCCC/C=C\C/C=C\CCCCCCCCCCCC(=O)OC(COC(=O)CCCCCCC/C=C\CCCCCCCC)COC(=O)CCCCCCCCCCCCCCCCCCCCCCCCCCCCCCCC. The first-order valence-electron chi connectivity index (χ1n) is 37.0. The lowest BCUT2D eigenvalue weighted by atomic mass is 10.0. The molecular weight excluding hydrogens is 1010 g/mol. The van der Waals surface area contributed by atoms with Crippen LogP contribution in [0, 0.1) is 0 Å². The van der Waals surface area contributed by atoms with E-state index in [2.05, 4.69) is 57.2 Å². The minimum Gasteiger partial charge on any atom is -0.462 e. The van der Waals surface area contributed by atoms with E-state index < -0.39 is 6.10 Å². The van der Waals surface area contributed by atoms with Gasteiger partial charge in [-0.05, 0) is 77.0 Å². The predicted molar refractivity (Wildman–Crippen MR) is 358 cm³/mol. The average Bonchev–Trinajstić information content (AvgIpc) is 3.47. The molecule has 0 radical (unpaired) electrons. The summed E-state index contributed by atoms with van der Waals surface area (Å²) >= 11 is 0. The number of hydrogen-bond acceptors (Lipinski definition) is 6. The standard InChI is InChI=1S/C76H142O6/c1-4-7-10-13-16-19-22-25-28-30-32-33-34-35-36-37-38-39-40-41-42-44-45-48-51-54-57-60-63-66-69-75(78)81-72-73(71-80-74(77)68-65-62-59-56-53-50-47-27-24-21-18-15-12-9-6-3)82-76(79)70-67-64-61-58-55-52-49-46-43-31-29-26-23-20-17-14-11-8-5-2/h17,20,26-27,29,47,73H,4-16,18-19,21-25,28,30-46,48-72H2,1-3H3/b20-17-,29-26-,47-27-. The molecule has 82 heavy (non-hydrogen) atoms. The Morgan fingerprint density at radius 2 is 0.439 bits per heavy atom. The summed E-state index contributed by atoms with van der Waals surface area (Å²) in [7, 11) is 0. The molecule has 0 aromatic carbocycles. The summed E-state index contributed by atoms with van der Waals surface area (Å²) in [5, 5.41) is 0. The molecule has 0 spiro atoms. The minimum absolute atomic E-state index is 0.0718. The van der Waals surface area contributed by atoms with Crippen LogP contribution >= 0.6 is 0 Å². The number of rotatable bonds is 69. The lowest BCUT2D eigenvalue weighted by Crippen LogP contribution is -2.30. The van der Waals surface area contributed by atoms with Crippen molar-refractivity contribution in [3.63, 3.8) is 0 Å². The van der Waals surface area contributed by atoms with E-state index in [4.69, 9.17) is 14.2 Å². The van der Waals surface area contributed by atoms with Crippen LogP contribution in [0.1, 0.15) is 412 Å². The molecule has 0 aromatic rings. The third-order valence-corrected chi connectivity index (χ3v) is 16.9. The number of carbonyl (C=O) groups excluding carboxylic acids is 3. The first kappa shape index (κ1) is 79.6. The maximum absolute atomic E-state index is 13.0. The van der Waals surface area contributed by atoms with E-state index in [1.165, 1.54) is 302 Å². The van der Waals surface area contributed by atoms with Crippen molar-refractivity contribution >= 4 is 17.9 Å². The zero-order chi connectivity index (χ0) is 59.2. The number of unbranched alkanes of at least 4 members (excludes halogenated alkanes) is 52. The topological polar surface area (TPSA) is 78.9 Å². The molecule has 6 heteroatoms. The number of hydrogen-bond donors (Lipinski definition) is 0. The molecular formula is C76H142O6. The highest BCUT2D eigenvalue weighted by molar-refractivity contribution is 5.71. The zero-order valence-electron chi connectivity index (χ0n) is 55.5. The van der Waals surface area contributed by atoms with Gasteiger partial charge in [0.05, 0.1) is 0 Å². The molecule has 1 atom stereocenters. The van der Waals surface area contributed by atoms with Gasteiger partial charge in [-0.15, -0.1) is 0 Å². The van der Waals surface area contributed by atoms with Crippen LogP contribution in [0.25, 0.3) is 0 Å². The molecule has 0 amide bonds. The monoisotopic (exact) mass is 1150 g/mol. The van der Waals surface area contributed by atoms with Gasteiger partial charge in [0.25, 0.3) is 0 Å². The molecule has 6 nitrogen and oxygen atoms in total. The van der Waals surface area contributed by atoms with E-state index in [0.29, 0.717) is 19.3 Å². The Bertz CT molecular complexity index is 1370. The molecule has 482 valence electrons. The lowest BCUT2D eigenvalue weighted by molar-refractivity contribution is -0.167. The van der Waals surface area contributed by atoms with Crippen molar-refractivity contribution in [2.75, 3.05) is 13.2 Å². The smallest absolute Gasteiger partial charge is 0.306 e. The molecule has 0 aliphatic heterocycles. The molecule has 1 unspecified atom stereocenters. The number of allylic oxidation sites excluding steroid dienone is 6. The van der Waals surface area contributed by atoms with Gasteiger partial charge in [-0.1, -0.05) is 353 Å². The van der Waals surface area contributed by atoms with Gasteiger partial charge in [0.2, 0.25) is 0 Å². The van der Waals surface area contributed by atoms with Crippen molar-refractivity contribution in [2.45, 2.75) is 419 Å². The van der Waals surface area contributed by atoms with Crippen molar-refractivity contribution < 1.29 is 28.6 Å². The van der Waals surface area contributed by atoms with Crippen LogP contribution in [0.2, 0.25) is 0 Å². The molecule has 0 saturated carbocycles. The van der Waals surface area contributed by atoms with E-state index in [1.807, 2.05) is 0 Å². The van der Waals surface area contributed by atoms with Gasteiger partial charge in [-0.25, -0.2) is 0 Å². The fraction of sp³-hybridized carbons (Fsp3) is 0.882. The largest absolute Gasteiger partial charge is 0.462 e. The highest BCUT2D eigenvalue weighted by Crippen LogP contribution is 2.19. The zero-order valence-corrected chi connectivity index (χ0v) is 55.5. The second-order valence-corrected chi connectivity index (χ2v) is 25.2. The predicted octanol–water partition coefficient (Wildman–Crippen LogP) is 25.5. The quantitative estimate of drug-likeness (QED) is 0.0261. The molecule has 0 saturated heterocycles. The lowest BCUT2D eigenvalue weighted by Gasteiger charge is -2.18. The highest BCUT2D eigenvalue weighted by atomic mass is 16.6. The Morgan fingerprint density at radius 3 is 0.707 bits per heavy atom. The van der Waals surface area contributed by atoms with Gasteiger partial charge < -0.3 is 14.2 Å². The summed E-state index contributed by atoms with van der Waals surface area (Å²) in [6.07, 6.45) is 89.0. The molecule has 0 aromatic heterocycles. The van der Waals surface area contributed by atoms with E-state index in [0.717, 1.165) is 70.6 Å². The molecule has 0 fully saturated rings. The minimum atomic E-state index is -0.777. The molecule has 0 aliphatic carbocycles.